The van der Waals surface area contributed by atoms with E-state index in [1.54, 1.807) is 6.20 Å². The maximum Gasteiger partial charge on any atom is 0.328 e. The number of rotatable bonds is 20. The number of nitrogens with zero attached hydrogens (tertiary/aromatic N) is 2. The zero-order valence-electron chi connectivity index (χ0n) is 24.0. The lowest BCUT2D eigenvalue weighted by Crippen LogP contribution is -2.24. The van der Waals surface area contributed by atoms with E-state index in [4.69, 9.17) is 21.9 Å². The zero-order valence-corrected chi connectivity index (χ0v) is 24.0. The molecule has 0 radical (unpaired) electrons. The minimum Gasteiger partial charge on any atom is -0.478 e. The lowest BCUT2D eigenvalue weighted by atomic mass is 9.85. The predicted molar refractivity (Wildman–Crippen MR) is 169 cm³/mol. The molecule has 0 saturated carbocycles. The average Bonchev–Trinajstić information content (AvgIpc) is 3.48. The number of hydrogen-bond acceptors (Lipinski definition) is 3. The van der Waals surface area contributed by atoms with Gasteiger partial charge in [-0.25, -0.2) is 9.79 Å². The van der Waals surface area contributed by atoms with E-state index in [-0.39, 0.29) is 25.2 Å². The monoisotopic (exact) mass is 560 g/mol. The summed E-state index contributed by atoms with van der Waals surface area (Å²) >= 11 is 0. The largest absolute Gasteiger partial charge is 0.478 e. The third kappa shape index (κ3) is 11.7. The summed E-state index contributed by atoms with van der Waals surface area (Å²) in [5, 5.41) is 25.8. The molecule has 1 aromatic heterocycles. The fourth-order valence-electron chi connectivity index (χ4n) is 5.35. The SMILES string of the molecule is NC(N)=NC/C(=C\C(=O)O)[C@H](CC[C@H](CCCCCCCCCCO)c1ccc2ccccc2c1)[N-]c1ccc[nH]1. The molecule has 1 heterocycles. The standard InChI is InChI=1S/C33H46N5O3/c34-33(35)37-24-29(23-32(40)41)30(38-31-15-11-20-36-31)19-18-26(12-7-5-3-1-2-4-6-10-21-39)28-17-16-25-13-8-9-14-27(25)22-28/h8-9,11,13-17,20,22-23,26,30,36,39H,1-7,10,12,18-19,21,24H2,(H,40,41)(H4,34,35,37)/q-1/b29-23+/t26-,30-/m0/s1. The second-order valence-corrected chi connectivity index (χ2v) is 10.7. The van der Waals surface area contributed by atoms with Crippen molar-refractivity contribution in [3.8, 4) is 0 Å². The maximum atomic E-state index is 11.7. The van der Waals surface area contributed by atoms with Crippen LogP contribution in [0, 0.1) is 0 Å². The molecule has 8 heteroatoms. The van der Waals surface area contributed by atoms with Crippen molar-refractivity contribution in [1.82, 2.24) is 4.98 Å². The van der Waals surface area contributed by atoms with E-state index in [1.165, 1.54) is 54.5 Å². The fourth-order valence-corrected chi connectivity index (χ4v) is 5.35. The van der Waals surface area contributed by atoms with E-state index in [9.17, 15) is 9.90 Å². The van der Waals surface area contributed by atoms with Gasteiger partial charge >= 0.3 is 5.97 Å². The molecule has 3 rings (SSSR count). The second kappa shape index (κ2) is 17.8. The van der Waals surface area contributed by atoms with Crippen molar-refractivity contribution >= 4 is 28.5 Å². The van der Waals surface area contributed by atoms with Crippen LogP contribution in [0.4, 0.5) is 5.82 Å². The van der Waals surface area contributed by atoms with Gasteiger partial charge in [-0.1, -0.05) is 112 Å². The van der Waals surface area contributed by atoms with Gasteiger partial charge < -0.3 is 32.0 Å². The fraction of sp³-hybridized carbons (Fsp3) is 0.455. The lowest BCUT2D eigenvalue weighted by molar-refractivity contribution is -0.131. The highest BCUT2D eigenvalue weighted by Crippen LogP contribution is 2.34. The van der Waals surface area contributed by atoms with Crippen molar-refractivity contribution in [3.05, 3.63) is 83.3 Å². The predicted octanol–water partition coefficient (Wildman–Crippen LogP) is 6.89. The number of aliphatic hydroxyl groups excluding tert-OH is 1. The number of hydrogen-bond donors (Lipinski definition) is 5. The highest BCUT2D eigenvalue weighted by atomic mass is 16.4. The van der Waals surface area contributed by atoms with E-state index >= 15 is 0 Å². The summed E-state index contributed by atoms with van der Waals surface area (Å²) in [4.78, 5) is 18.9. The van der Waals surface area contributed by atoms with Crippen LogP contribution in [-0.4, -0.2) is 46.3 Å². The normalized spacial score (nSPS) is 13.1. The number of unbranched alkanes of at least 4 members (excludes halogenated alkanes) is 7. The van der Waals surface area contributed by atoms with Gasteiger partial charge in [0.25, 0.3) is 0 Å². The van der Waals surface area contributed by atoms with Gasteiger partial charge in [0, 0.05) is 12.7 Å². The number of nitrogens with one attached hydrogen (secondary N) is 1. The van der Waals surface area contributed by atoms with Crippen LogP contribution in [0.1, 0.15) is 82.1 Å². The highest BCUT2D eigenvalue weighted by molar-refractivity contribution is 5.83. The van der Waals surface area contributed by atoms with Gasteiger partial charge in [-0.05, 0) is 59.6 Å². The third-order valence-electron chi connectivity index (χ3n) is 7.55. The molecule has 2 aromatic carbocycles. The van der Waals surface area contributed by atoms with Crippen LogP contribution in [0.15, 0.2) is 77.4 Å². The number of aromatic nitrogens is 1. The number of aromatic amines is 1. The lowest BCUT2D eigenvalue weighted by Gasteiger charge is -2.29. The highest BCUT2D eigenvalue weighted by Gasteiger charge is 2.18. The van der Waals surface area contributed by atoms with Crippen molar-refractivity contribution in [1.29, 1.82) is 0 Å². The third-order valence-corrected chi connectivity index (χ3v) is 7.55. The summed E-state index contributed by atoms with van der Waals surface area (Å²) in [5.74, 6) is -0.112. The molecule has 8 nitrogen and oxygen atoms in total. The summed E-state index contributed by atoms with van der Waals surface area (Å²) in [6.07, 6.45) is 14.8. The number of carboxylic acids is 1. The van der Waals surface area contributed by atoms with E-state index in [1.807, 2.05) is 12.1 Å². The molecule has 222 valence electrons. The molecule has 0 amide bonds. The summed E-state index contributed by atoms with van der Waals surface area (Å²) in [6.45, 7) is 0.375. The summed E-state index contributed by atoms with van der Waals surface area (Å²) < 4.78 is 0. The van der Waals surface area contributed by atoms with Gasteiger partial charge in [-0.15, -0.1) is 0 Å². The Hall–Kier alpha value is -3.78. The molecule has 7 N–H and O–H groups in total. The molecule has 3 aromatic rings. The Kier molecular flexibility index (Phi) is 13.8. The molecule has 0 unspecified atom stereocenters. The van der Waals surface area contributed by atoms with Crippen LogP contribution in [0.3, 0.4) is 0 Å². The number of aliphatic carboxylic acids is 1. The van der Waals surface area contributed by atoms with E-state index in [0.29, 0.717) is 23.7 Å². The number of H-pyrrole nitrogens is 1. The number of aliphatic imine (C=N–C) groups is 1. The number of nitrogens with two attached hydrogens (primary N) is 2. The van der Waals surface area contributed by atoms with Crippen LogP contribution in [0.5, 0.6) is 0 Å². The number of benzene rings is 2. The van der Waals surface area contributed by atoms with Gasteiger partial charge in [0.15, 0.2) is 5.96 Å². The van der Waals surface area contributed by atoms with E-state index < -0.39 is 5.97 Å². The number of fused-ring (bicyclic) bond motifs is 1. The Labute approximate surface area is 243 Å². The number of carbonyl (C=O) groups is 1. The zero-order chi connectivity index (χ0) is 29.3. The van der Waals surface area contributed by atoms with Crippen molar-refractivity contribution in [2.24, 2.45) is 16.5 Å². The molecule has 0 aliphatic heterocycles. The van der Waals surface area contributed by atoms with Gasteiger partial charge in [0.2, 0.25) is 0 Å². The molecule has 0 fully saturated rings. The first kappa shape index (κ1) is 31.7. The molecule has 2 atom stereocenters. The molecule has 0 spiro atoms. The molecular weight excluding hydrogens is 514 g/mol. The first-order chi connectivity index (χ1) is 20.0. The van der Waals surface area contributed by atoms with Gasteiger partial charge in [0.05, 0.1) is 6.54 Å². The average molecular weight is 561 g/mol. The minimum absolute atomic E-state index is 0.0812. The topological polar surface area (TPSA) is 152 Å². The quantitative estimate of drug-likeness (QED) is 0.0441. The Balaban J connectivity index is 1.74. The van der Waals surface area contributed by atoms with E-state index in [2.05, 4.69) is 52.4 Å². The number of aliphatic hydroxyl groups is 1. The van der Waals surface area contributed by atoms with Crippen molar-refractivity contribution < 1.29 is 15.0 Å². The maximum absolute atomic E-state index is 11.7. The Morgan fingerprint density at radius 1 is 0.878 bits per heavy atom. The number of guanidine groups is 1. The summed E-state index contributed by atoms with van der Waals surface area (Å²) in [6, 6.07) is 18.5. The Morgan fingerprint density at radius 3 is 2.24 bits per heavy atom. The first-order valence-electron chi connectivity index (χ1n) is 14.9. The van der Waals surface area contributed by atoms with E-state index in [0.717, 1.165) is 32.1 Å². The van der Waals surface area contributed by atoms with Crippen molar-refractivity contribution in [3.63, 3.8) is 0 Å². The first-order valence-corrected chi connectivity index (χ1v) is 14.9. The molecule has 41 heavy (non-hydrogen) atoms. The van der Waals surface area contributed by atoms with Crippen LogP contribution >= 0.6 is 0 Å². The van der Waals surface area contributed by atoms with Gasteiger partial charge in [0.1, 0.15) is 0 Å². The van der Waals surface area contributed by atoms with Crippen LogP contribution in [-0.2, 0) is 4.79 Å². The number of carboxylic acid groups (broad SMARTS) is 1. The Bertz CT molecular complexity index is 1230. The smallest absolute Gasteiger partial charge is 0.328 e. The van der Waals surface area contributed by atoms with Crippen molar-refractivity contribution in [2.45, 2.75) is 82.6 Å². The van der Waals surface area contributed by atoms with Crippen LogP contribution in [0.25, 0.3) is 16.1 Å². The molecule has 0 aliphatic carbocycles. The molecule has 0 saturated heterocycles. The van der Waals surface area contributed by atoms with Crippen LogP contribution in [0.2, 0.25) is 0 Å². The summed E-state index contributed by atoms with van der Waals surface area (Å²) in [7, 11) is 0. The van der Waals surface area contributed by atoms with Gasteiger partial charge in [-0.2, -0.15) is 0 Å². The second-order valence-electron chi connectivity index (χ2n) is 10.7. The van der Waals surface area contributed by atoms with Crippen molar-refractivity contribution in [2.75, 3.05) is 13.2 Å². The molecule has 0 aliphatic rings. The van der Waals surface area contributed by atoms with Gasteiger partial charge in [-0.3, -0.25) is 0 Å². The minimum atomic E-state index is -1.04. The summed E-state index contributed by atoms with van der Waals surface area (Å²) in [5.41, 5.74) is 13.0. The van der Waals surface area contributed by atoms with Crippen LogP contribution < -0.4 is 11.5 Å². The molecular formula is C33H46N5O3-. The Morgan fingerprint density at radius 2 is 1.59 bits per heavy atom. The molecule has 0 bridgehead atoms.